The first-order valence-corrected chi connectivity index (χ1v) is 6.27. The van der Waals surface area contributed by atoms with Crippen LogP contribution in [0, 0.1) is 0 Å². The highest BCUT2D eigenvalue weighted by Crippen LogP contribution is 2.21. The fourth-order valence-electron chi connectivity index (χ4n) is 1.75. The summed E-state index contributed by atoms with van der Waals surface area (Å²) in [5, 5.41) is 3.53. The van der Waals surface area contributed by atoms with E-state index < -0.39 is 12.2 Å². The van der Waals surface area contributed by atoms with Crippen LogP contribution in [-0.2, 0) is 4.74 Å². The van der Waals surface area contributed by atoms with E-state index in [1.54, 1.807) is 60.7 Å². The topological polar surface area (TPSA) is 75.1 Å². The van der Waals surface area contributed by atoms with Gasteiger partial charge in [0, 0.05) is 4.91 Å². The summed E-state index contributed by atoms with van der Waals surface area (Å²) in [6.45, 7) is 3.66. The average molecular weight is 279 g/mol. The molecule has 0 aliphatic rings. The van der Waals surface area contributed by atoms with Crippen LogP contribution in [0.5, 0.6) is 0 Å². The van der Waals surface area contributed by atoms with Crippen LogP contribution in [0.2, 0.25) is 0 Å². The van der Waals surface area contributed by atoms with Gasteiger partial charge in [-0.25, -0.2) is 4.79 Å². The van der Waals surface area contributed by atoms with Gasteiger partial charge in [-0.3, -0.25) is 0 Å². The first-order chi connectivity index (χ1) is 10.2. The van der Waals surface area contributed by atoms with Gasteiger partial charge in [0.2, 0.25) is 6.23 Å². The maximum atomic E-state index is 12.0. The number of ether oxygens (including phenoxy) is 1. The van der Waals surface area contributed by atoms with Gasteiger partial charge < -0.3 is 4.74 Å². The van der Waals surface area contributed by atoms with Crippen molar-refractivity contribution in [1.29, 1.82) is 0 Å². The minimum Gasteiger partial charge on any atom is -0.448 e. The van der Waals surface area contributed by atoms with Crippen molar-refractivity contribution in [1.82, 2.24) is 0 Å². The smallest absolute Gasteiger partial charge is 0.338 e. The number of benzene rings is 2. The van der Waals surface area contributed by atoms with Crippen molar-refractivity contribution in [3.05, 3.63) is 88.3 Å². The van der Waals surface area contributed by atoms with E-state index >= 15 is 0 Å². The molecule has 2 aromatic rings. The molecule has 1 unspecified atom stereocenters. The second-order valence-corrected chi connectivity index (χ2v) is 4.20. The molecule has 0 saturated carbocycles. The molecule has 0 saturated heterocycles. The van der Waals surface area contributed by atoms with Crippen LogP contribution in [0.3, 0.4) is 0 Å². The predicted molar refractivity (Wildman–Crippen MR) is 80.3 cm³/mol. The number of carbonyl (C=O) groups is 1. The second kappa shape index (κ2) is 6.93. The van der Waals surface area contributed by atoms with E-state index in [2.05, 4.69) is 16.6 Å². The number of nitrogens with zero attached hydrogens (tertiary/aromatic N) is 3. The highest BCUT2D eigenvalue weighted by molar-refractivity contribution is 5.89. The molecule has 0 N–H and O–H groups in total. The van der Waals surface area contributed by atoms with E-state index in [0.717, 1.165) is 5.56 Å². The molecule has 0 aliphatic heterocycles. The Hall–Kier alpha value is -3.04. The molecule has 2 rings (SSSR count). The maximum absolute atomic E-state index is 12.0. The lowest BCUT2D eigenvalue weighted by atomic mass is 10.1. The molecule has 0 amide bonds. The van der Waals surface area contributed by atoms with Crippen LogP contribution in [0.15, 0.2) is 66.3 Å². The lowest BCUT2D eigenvalue weighted by Gasteiger charge is -2.13. The molecule has 5 heteroatoms. The highest BCUT2D eigenvalue weighted by atomic mass is 16.6. The van der Waals surface area contributed by atoms with Gasteiger partial charge in [0.1, 0.15) is 0 Å². The van der Waals surface area contributed by atoms with Crippen molar-refractivity contribution < 1.29 is 9.53 Å². The number of esters is 1. The normalized spacial score (nSPS) is 11.0. The molecule has 21 heavy (non-hydrogen) atoms. The van der Waals surface area contributed by atoms with E-state index in [1.165, 1.54) is 0 Å². The Labute approximate surface area is 122 Å². The minimum atomic E-state index is -0.999. The van der Waals surface area contributed by atoms with Crippen molar-refractivity contribution in [2.75, 3.05) is 0 Å². The van der Waals surface area contributed by atoms with Gasteiger partial charge >= 0.3 is 5.97 Å². The summed E-state index contributed by atoms with van der Waals surface area (Å²) >= 11 is 0. The molecule has 0 fully saturated rings. The Morgan fingerprint density at radius 2 is 1.86 bits per heavy atom. The lowest BCUT2D eigenvalue weighted by molar-refractivity contribution is 0.0312. The van der Waals surface area contributed by atoms with Crippen molar-refractivity contribution in [2.24, 2.45) is 5.11 Å². The number of hydrogen-bond donors (Lipinski definition) is 0. The van der Waals surface area contributed by atoms with E-state index in [9.17, 15) is 4.79 Å². The van der Waals surface area contributed by atoms with Crippen LogP contribution >= 0.6 is 0 Å². The molecular formula is C16H13N3O2. The Kier molecular flexibility index (Phi) is 4.75. The molecular weight excluding hydrogens is 266 g/mol. The predicted octanol–water partition coefficient (Wildman–Crippen LogP) is 4.50. The Bertz CT molecular complexity index is 674. The van der Waals surface area contributed by atoms with Gasteiger partial charge in [-0.15, -0.1) is 0 Å². The summed E-state index contributed by atoms with van der Waals surface area (Å²) in [6, 6.07) is 15.6. The first kappa shape index (κ1) is 14.4. The third-order valence-electron chi connectivity index (χ3n) is 2.84. The summed E-state index contributed by atoms with van der Waals surface area (Å²) in [6.07, 6.45) is 0.698. The standard InChI is InChI=1S/C16H13N3O2/c1-2-12-8-10-13(11-9-12)15(18-19-17)21-16(20)14-6-4-3-5-7-14/h2-11,15H,1H2. The van der Waals surface area contributed by atoms with Crippen LogP contribution in [-0.4, -0.2) is 5.97 Å². The summed E-state index contributed by atoms with van der Waals surface area (Å²) in [5.74, 6) is -0.541. The molecule has 5 nitrogen and oxygen atoms in total. The molecule has 1 atom stereocenters. The fraction of sp³-hybridized carbons (Fsp3) is 0.0625. The van der Waals surface area contributed by atoms with Gasteiger partial charge in [-0.2, -0.15) is 0 Å². The van der Waals surface area contributed by atoms with Gasteiger partial charge in [0.05, 0.1) is 5.56 Å². The molecule has 0 aromatic heterocycles. The van der Waals surface area contributed by atoms with Crippen LogP contribution in [0.4, 0.5) is 0 Å². The van der Waals surface area contributed by atoms with Gasteiger partial charge in [0.15, 0.2) is 0 Å². The van der Waals surface area contributed by atoms with Crippen molar-refractivity contribution >= 4 is 12.0 Å². The van der Waals surface area contributed by atoms with Crippen molar-refractivity contribution in [2.45, 2.75) is 6.23 Å². The zero-order valence-corrected chi connectivity index (χ0v) is 11.2. The number of rotatable bonds is 5. The van der Waals surface area contributed by atoms with Crippen LogP contribution in [0.25, 0.3) is 16.5 Å². The molecule has 104 valence electrons. The van der Waals surface area contributed by atoms with Crippen LogP contribution in [0.1, 0.15) is 27.7 Å². The van der Waals surface area contributed by atoms with E-state index in [0.29, 0.717) is 11.1 Å². The zero-order valence-electron chi connectivity index (χ0n) is 11.2. The third-order valence-corrected chi connectivity index (χ3v) is 2.84. The molecule has 0 radical (unpaired) electrons. The first-order valence-electron chi connectivity index (χ1n) is 6.27. The summed E-state index contributed by atoms with van der Waals surface area (Å²) in [4.78, 5) is 14.7. The van der Waals surface area contributed by atoms with E-state index in [1.807, 2.05) is 0 Å². The molecule has 0 spiro atoms. The third kappa shape index (κ3) is 3.72. The van der Waals surface area contributed by atoms with Gasteiger partial charge in [0.25, 0.3) is 0 Å². The lowest BCUT2D eigenvalue weighted by Crippen LogP contribution is -2.09. The summed E-state index contributed by atoms with van der Waals surface area (Å²) < 4.78 is 5.25. The molecule has 2 aromatic carbocycles. The zero-order chi connectivity index (χ0) is 15.1. The Balaban J connectivity index is 2.21. The SMILES string of the molecule is C=Cc1ccc(C(N=[N+]=[N-])OC(=O)c2ccccc2)cc1. The van der Waals surface area contributed by atoms with E-state index in [4.69, 9.17) is 10.3 Å². The number of carbonyl (C=O) groups excluding carboxylic acids is 1. The highest BCUT2D eigenvalue weighted by Gasteiger charge is 2.16. The molecule has 0 heterocycles. The molecule has 0 bridgehead atoms. The van der Waals surface area contributed by atoms with Crippen molar-refractivity contribution in [3.63, 3.8) is 0 Å². The minimum absolute atomic E-state index is 0.401. The number of azide groups is 1. The number of hydrogen-bond acceptors (Lipinski definition) is 3. The van der Waals surface area contributed by atoms with Crippen LogP contribution < -0.4 is 0 Å². The monoisotopic (exact) mass is 279 g/mol. The summed E-state index contributed by atoms with van der Waals surface area (Å²) in [7, 11) is 0. The van der Waals surface area contributed by atoms with Gasteiger partial charge in [-0.05, 0) is 33.9 Å². The quantitative estimate of drug-likeness (QED) is 0.350. The average Bonchev–Trinajstić information content (AvgIpc) is 2.55. The largest absolute Gasteiger partial charge is 0.448 e. The Morgan fingerprint density at radius 1 is 1.19 bits per heavy atom. The second-order valence-electron chi connectivity index (χ2n) is 4.20. The Morgan fingerprint density at radius 3 is 2.43 bits per heavy atom. The summed E-state index contributed by atoms with van der Waals surface area (Å²) in [5.41, 5.74) is 10.6. The fourth-order valence-corrected chi connectivity index (χ4v) is 1.75. The van der Waals surface area contributed by atoms with Gasteiger partial charge in [-0.1, -0.05) is 55.1 Å². The van der Waals surface area contributed by atoms with E-state index in [-0.39, 0.29) is 0 Å². The van der Waals surface area contributed by atoms with Crippen molar-refractivity contribution in [3.8, 4) is 0 Å². The molecule has 0 aliphatic carbocycles. The maximum Gasteiger partial charge on any atom is 0.338 e.